The van der Waals surface area contributed by atoms with Gasteiger partial charge in [0.1, 0.15) is 0 Å². The van der Waals surface area contributed by atoms with E-state index in [2.05, 4.69) is 15.9 Å². The highest BCUT2D eigenvalue weighted by atomic mass is 79.9. The second kappa shape index (κ2) is 5.78. The van der Waals surface area contributed by atoms with Gasteiger partial charge in [-0.15, -0.1) is 0 Å². The number of rotatable bonds is 2. The second-order valence-electron chi connectivity index (χ2n) is 5.25. The molecule has 0 unspecified atom stereocenters. The Kier molecular flexibility index (Phi) is 4.12. The summed E-state index contributed by atoms with van der Waals surface area (Å²) >= 11 is 9.55. The van der Waals surface area contributed by atoms with Gasteiger partial charge in [-0.1, -0.05) is 39.7 Å². The lowest BCUT2D eigenvalue weighted by molar-refractivity contribution is -0.137. The average molecular weight is 391 g/mol. The smallest absolute Gasteiger partial charge is 0.367 e. The van der Waals surface area contributed by atoms with Gasteiger partial charge in [-0.25, -0.2) is 0 Å². The molecule has 1 aliphatic rings. The molecule has 22 heavy (non-hydrogen) atoms. The van der Waals surface area contributed by atoms with Crippen LogP contribution < -0.4 is 4.90 Å². The number of hydrogen-bond donors (Lipinski definition) is 0. The maximum Gasteiger partial charge on any atom is 0.416 e. The van der Waals surface area contributed by atoms with Crippen molar-refractivity contribution in [2.75, 3.05) is 11.4 Å². The van der Waals surface area contributed by atoms with E-state index in [4.69, 9.17) is 11.6 Å². The van der Waals surface area contributed by atoms with E-state index >= 15 is 0 Å². The first-order chi connectivity index (χ1) is 10.3. The van der Waals surface area contributed by atoms with Crippen molar-refractivity contribution in [3.8, 4) is 0 Å². The molecule has 0 fully saturated rings. The Bertz CT molecular complexity index is 715. The van der Waals surface area contributed by atoms with Crippen LogP contribution in [0.3, 0.4) is 0 Å². The second-order valence-corrected chi connectivity index (χ2v) is 6.57. The summed E-state index contributed by atoms with van der Waals surface area (Å²) in [6, 6.07) is 9.51. The predicted octanol–water partition coefficient (Wildman–Crippen LogP) is 5.68. The zero-order valence-corrected chi connectivity index (χ0v) is 13.8. The van der Waals surface area contributed by atoms with Crippen LogP contribution in [0.4, 0.5) is 18.9 Å². The van der Waals surface area contributed by atoms with Crippen LogP contribution in [-0.2, 0) is 19.1 Å². The third-order valence-corrected chi connectivity index (χ3v) is 4.63. The van der Waals surface area contributed by atoms with Gasteiger partial charge >= 0.3 is 6.18 Å². The Balaban J connectivity index is 1.90. The third-order valence-electron chi connectivity index (χ3n) is 3.78. The van der Waals surface area contributed by atoms with Crippen LogP contribution in [0.5, 0.6) is 0 Å². The molecule has 6 heteroatoms. The van der Waals surface area contributed by atoms with E-state index in [1.165, 1.54) is 6.07 Å². The first-order valence-corrected chi connectivity index (χ1v) is 7.91. The number of anilines is 1. The average Bonchev–Trinajstić information content (AvgIpc) is 2.83. The van der Waals surface area contributed by atoms with E-state index in [0.717, 1.165) is 28.1 Å². The summed E-state index contributed by atoms with van der Waals surface area (Å²) in [5.41, 5.74) is 1.88. The molecule has 0 spiro atoms. The lowest BCUT2D eigenvalue weighted by atomic mass is 10.1. The molecule has 0 saturated heterocycles. The zero-order valence-electron chi connectivity index (χ0n) is 11.4. The first kappa shape index (κ1) is 15.7. The van der Waals surface area contributed by atoms with Gasteiger partial charge in [0.2, 0.25) is 0 Å². The van der Waals surface area contributed by atoms with Crippen LogP contribution in [0.2, 0.25) is 5.02 Å². The molecule has 116 valence electrons. The van der Waals surface area contributed by atoms with Gasteiger partial charge in [0.05, 0.1) is 5.56 Å². The molecule has 0 saturated carbocycles. The number of alkyl halides is 3. The van der Waals surface area contributed by atoms with Gasteiger partial charge in [0.15, 0.2) is 0 Å². The SMILES string of the molecule is FC(F)(F)c1ccc2c(c1)N(Cc1ccc(Br)cc1Cl)CC2. The fourth-order valence-electron chi connectivity index (χ4n) is 2.64. The number of nitrogens with zero attached hydrogens (tertiary/aromatic N) is 1. The van der Waals surface area contributed by atoms with E-state index in [1.807, 2.05) is 17.0 Å². The van der Waals surface area contributed by atoms with Crippen LogP contribution in [0.1, 0.15) is 16.7 Å². The fourth-order valence-corrected chi connectivity index (χ4v) is 3.37. The fraction of sp³-hybridized carbons (Fsp3) is 0.250. The van der Waals surface area contributed by atoms with Crippen molar-refractivity contribution < 1.29 is 13.2 Å². The van der Waals surface area contributed by atoms with E-state index in [9.17, 15) is 13.2 Å². The minimum absolute atomic E-state index is 0.500. The Morgan fingerprint density at radius 2 is 1.91 bits per heavy atom. The summed E-state index contributed by atoms with van der Waals surface area (Å²) in [4.78, 5) is 1.94. The number of hydrogen-bond acceptors (Lipinski definition) is 1. The Labute approximate surface area is 139 Å². The molecular formula is C16H12BrClF3N. The highest BCUT2D eigenvalue weighted by Crippen LogP contribution is 2.37. The predicted molar refractivity (Wildman–Crippen MR) is 85.4 cm³/mol. The maximum atomic E-state index is 12.9. The quantitative estimate of drug-likeness (QED) is 0.637. The molecule has 1 aliphatic heterocycles. The summed E-state index contributed by atoms with van der Waals surface area (Å²) < 4.78 is 39.5. The highest BCUT2D eigenvalue weighted by molar-refractivity contribution is 9.10. The molecule has 0 atom stereocenters. The summed E-state index contributed by atoms with van der Waals surface area (Å²) in [5.74, 6) is 0. The minimum atomic E-state index is -4.32. The molecule has 0 radical (unpaired) electrons. The molecule has 1 heterocycles. The molecule has 0 amide bonds. The van der Waals surface area contributed by atoms with Crippen LogP contribution in [-0.4, -0.2) is 6.54 Å². The van der Waals surface area contributed by atoms with Gasteiger partial charge < -0.3 is 4.90 Å². The molecule has 3 rings (SSSR count). The van der Waals surface area contributed by atoms with Crippen molar-refractivity contribution >= 4 is 33.2 Å². The first-order valence-electron chi connectivity index (χ1n) is 6.73. The van der Waals surface area contributed by atoms with Crippen LogP contribution in [0.25, 0.3) is 0 Å². The van der Waals surface area contributed by atoms with Gasteiger partial charge in [0, 0.05) is 28.3 Å². The van der Waals surface area contributed by atoms with E-state index in [1.54, 1.807) is 12.1 Å². The van der Waals surface area contributed by atoms with E-state index in [-0.39, 0.29) is 0 Å². The van der Waals surface area contributed by atoms with Crippen molar-refractivity contribution in [2.24, 2.45) is 0 Å². The van der Waals surface area contributed by atoms with E-state index in [0.29, 0.717) is 23.8 Å². The standard InChI is InChI=1S/C16H12BrClF3N/c17-13-4-2-11(14(18)8-13)9-22-6-5-10-1-3-12(7-15(10)22)16(19,20)21/h1-4,7-8H,5-6,9H2. The largest absolute Gasteiger partial charge is 0.416 e. The summed E-state index contributed by atoms with van der Waals surface area (Å²) in [6.07, 6.45) is -3.57. The lowest BCUT2D eigenvalue weighted by Gasteiger charge is -2.21. The van der Waals surface area contributed by atoms with Crippen LogP contribution in [0, 0.1) is 0 Å². The summed E-state index contributed by atoms with van der Waals surface area (Å²) in [5, 5.41) is 0.606. The van der Waals surface area contributed by atoms with Gasteiger partial charge in [0.25, 0.3) is 0 Å². The molecule has 0 aliphatic carbocycles. The van der Waals surface area contributed by atoms with Crippen molar-refractivity contribution in [3.05, 3.63) is 62.6 Å². The minimum Gasteiger partial charge on any atom is -0.367 e. The Hall–Kier alpha value is -1.20. The maximum absolute atomic E-state index is 12.9. The highest BCUT2D eigenvalue weighted by Gasteiger charge is 2.32. The molecule has 0 N–H and O–H groups in total. The molecule has 0 bridgehead atoms. The number of halogens is 5. The monoisotopic (exact) mass is 389 g/mol. The van der Waals surface area contributed by atoms with Crippen molar-refractivity contribution in [1.29, 1.82) is 0 Å². The van der Waals surface area contributed by atoms with Crippen LogP contribution in [0.15, 0.2) is 40.9 Å². The van der Waals surface area contributed by atoms with Gasteiger partial charge in [-0.3, -0.25) is 0 Å². The van der Waals surface area contributed by atoms with Gasteiger partial charge in [-0.05, 0) is 41.8 Å². The van der Waals surface area contributed by atoms with Crippen molar-refractivity contribution in [3.63, 3.8) is 0 Å². The summed E-state index contributed by atoms with van der Waals surface area (Å²) in [6.45, 7) is 1.20. The van der Waals surface area contributed by atoms with Crippen molar-refractivity contribution in [1.82, 2.24) is 0 Å². The summed E-state index contributed by atoms with van der Waals surface area (Å²) in [7, 11) is 0. The zero-order chi connectivity index (χ0) is 15.9. The third kappa shape index (κ3) is 3.10. The molecule has 0 aromatic heterocycles. The molecule has 1 nitrogen and oxygen atoms in total. The lowest BCUT2D eigenvalue weighted by Crippen LogP contribution is -2.20. The molecule has 2 aromatic rings. The Morgan fingerprint density at radius 3 is 2.59 bits per heavy atom. The molecular weight excluding hydrogens is 379 g/mol. The van der Waals surface area contributed by atoms with Crippen molar-refractivity contribution in [2.45, 2.75) is 19.1 Å². The Morgan fingerprint density at radius 1 is 1.14 bits per heavy atom. The number of benzene rings is 2. The number of fused-ring (bicyclic) bond motifs is 1. The van der Waals surface area contributed by atoms with E-state index < -0.39 is 11.7 Å². The molecule has 2 aromatic carbocycles. The van der Waals surface area contributed by atoms with Gasteiger partial charge in [-0.2, -0.15) is 13.2 Å². The topological polar surface area (TPSA) is 3.24 Å². The normalized spacial score (nSPS) is 14.3. The van der Waals surface area contributed by atoms with Crippen LogP contribution >= 0.6 is 27.5 Å².